The molecule has 100 valence electrons. The van der Waals surface area contributed by atoms with Crippen molar-refractivity contribution >= 4 is 21.9 Å². The highest BCUT2D eigenvalue weighted by atomic mass is 79.9. The molecular weight excluding hydrogens is 312 g/mol. The van der Waals surface area contributed by atoms with Gasteiger partial charge in [-0.25, -0.2) is 4.79 Å². The highest BCUT2D eigenvalue weighted by Crippen LogP contribution is 2.27. The molecule has 2 rings (SSSR count). The lowest BCUT2D eigenvalue weighted by atomic mass is 10.1. The number of hydrogen-bond donors (Lipinski definition) is 1. The van der Waals surface area contributed by atoms with Gasteiger partial charge >= 0.3 is 5.97 Å². The lowest BCUT2D eigenvalue weighted by Crippen LogP contribution is -2.00. The minimum absolute atomic E-state index is 0.0744. The Hall–Kier alpha value is -1.59. The highest BCUT2D eigenvalue weighted by molar-refractivity contribution is 9.10. The van der Waals surface area contributed by atoms with Crippen LogP contribution >= 0.6 is 15.9 Å². The molecule has 4 nitrogen and oxygen atoms in total. The molecule has 0 fully saturated rings. The molecule has 0 aliphatic heterocycles. The van der Waals surface area contributed by atoms with Crippen LogP contribution < -0.4 is 0 Å². The minimum atomic E-state index is -0.912. The summed E-state index contributed by atoms with van der Waals surface area (Å²) in [4.78, 5) is 11.3. The molecule has 0 aliphatic carbocycles. The van der Waals surface area contributed by atoms with E-state index in [2.05, 4.69) is 20.7 Å². The van der Waals surface area contributed by atoms with E-state index in [0.29, 0.717) is 11.3 Å². The zero-order valence-electron chi connectivity index (χ0n) is 10.5. The molecule has 19 heavy (non-hydrogen) atoms. The van der Waals surface area contributed by atoms with E-state index in [1.165, 1.54) is 13.2 Å². The average molecular weight is 325 g/mol. The molecule has 5 heteroatoms. The van der Waals surface area contributed by atoms with Gasteiger partial charge in [0.1, 0.15) is 11.9 Å². The lowest BCUT2D eigenvalue weighted by Gasteiger charge is -2.09. The zero-order valence-corrected chi connectivity index (χ0v) is 12.1. The first-order chi connectivity index (χ1) is 9.02. The normalized spacial score (nSPS) is 12.2. The van der Waals surface area contributed by atoms with Crippen LogP contribution in [0.5, 0.6) is 0 Å². The van der Waals surface area contributed by atoms with E-state index in [0.717, 1.165) is 10.0 Å². The van der Waals surface area contributed by atoms with Crippen molar-refractivity contribution in [1.29, 1.82) is 0 Å². The predicted octanol–water partition coefficient (Wildman–Crippen LogP) is 3.22. The molecule has 0 amide bonds. The van der Waals surface area contributed by atoms with E-state index in [9.17, 15) is 9.90 Å². The first-order valence-electron chi connectivity index (χ1n) is 5.65. The van der Waals surface area contributed by atoms with Crippen molar-refractivity contribution in [2.24, 2.45) is 0 Å². The van der Waals surface area contributed by atoms with Crippen molar-refractivity contribution in [3.63, 3.8) is 0 Å². The number of aliphatic hydroxyl groups is 1. The molecule has 1 atom stereocenters. The van der Waals surface area contributed by atoms with Gasteiger partial charge in [-0.3, -0.25) is 0 Å². The summed E-state index contributed by atoms with van der Waals surface area (Å²) in [5.74, 6) is -0.182. The number of benzene rings is 1. The molecule has 1 aromatic carbocycles. The van der Waals surface area contributed by atoms with Crippen molar-refractivity contribution < 1.29 is 19.1 Å². The summed E-state index contributed by atoms with van der Waals surface area (Å²) in [5.41, 5.74) is 1.71. The van der Waals surface area contributed by atoms with Gasteiger partial charge in [0.2, 0.25) is 5.76 Å². The summed E-state index contributed by atoms with van der Waals surface area (Å²) in [6, 6.07) is 8.56. The standard InChI is InChI=1S/C14H13BrO4/c1-8-7-9(3-4-10(8)15)13(16)11-5-6-12(19-11)14(17)18-2/h3-7,13,16H,1-2H3. The molecule has 0 saturated carbocycles. The molecule has 0 radical (unpaired) electrons. The monoisotopic (exact) mass is 324 g/mol. The number of rotatable bonds is 3. The zero-order chi connectivity index (χ0) is 14.0. The molecule has 1 N–H and O–H groups in total. The maximum absolute atomic E-state index is 11.3. The largest absolute Gasteiger partial charge is 0.463 e. The van der Waals surface area contributed by atoms with Gasteiger partial charge in [-0.2, -0.15) is 0 Å². The number of aryl methyl sites for hydroxylation is 1. The van der Waals surface area contributed by atoms with Crippen molar-refractivity contribution in [1.82, 2.24) is 0 Å². The first-order valence-corrected chi connectivity index (χ1v) is 6.44. The van der Waals surface area contributed by atoms with Gasteiger partial charge in [-0.05, 0) is 36.2 Å². The van der Waals surface area contributed by atoms with Crippen LogP contribution in [0.25, 0.3) is 0 Å². The Morgan fingerprint density at radius 2 is 2.11 bits per heavy atom. The smallest absolute Gasteiger partial charge is 0.373 e. The predicted molar refractivity (Wildman–Crippen MR) is 73.0 cm³/mol. The topological polar surface area (TPSA) is 59.7 Å². The van der Waals surface area contributed by atoms with E-state index < -0.39 is 12.1 Å². The quantitative estimate of drug-likeness (QED) is 0.880. The fourth-order valence-electron chi connectivity index (χ4n) is 1.71. The molecule has 1 aromatic heterocycles. The molecule has 0 spiro atoms. The minimum Gasteiger partial charge on any atom is -0.463 e. The number of carbonyl (C=O) groups is 1. The van der Waals surface area contributed by atoms with E-state index in [4.69, 9.17) is 4.42 Å². The summed E-state index contributed by atoms with van der Waals surface area (Å²) in [6.07, 6.45) is -0.912. The van der Waals surface area contributed by atoms with Crippen LogP contribution in [0.4, 0.5) is 0 Å². The molecular formula is C14H13BrO4. The summed E-state index contributed by atoms with van der Waals surface area (Å²) < 4.78 is 10.8. The Morgan fingerprint density at radius 3 is 2.74 bits per heavy atom. The van der Waals surface area contributed by atoms with Gasteiger partial charge in [0.15, 0.2) is 0 Å². The van der Waals surface area contributed by atoms with Crippen molar-refractivity contribution in [3.05, 3.63) is 57.5 Å². The summed E-state index contributed by atoms with van der Waals surface area (Å²) in [6.45, 7) is 1.93. The van der Waals surface area contributed by atoms with Gasteiger partial charge in [-0.1, -0.05) is 28.1 Å². The third kappa shape index (κ3) is 2.88. The number of carbonyl (C=O) groups excluding carboxylic acids is 1. The fourth-order valence-corrected chi connectivity index (χ4v) is 1.96. The molecule has 1 heterocycles. The second kappa shape index (κ2) is 5.59. The number of hydrogen-bond acceptors (Lipinski definition) is 4. The van der Waals surface area contributed by atoms with Gasteiger partial charge in [0.05, 0.1) is 7.11 Å². The van der Waals surface area contributed by atoms with Crippen LogP contribution in [-0.4, -0.2) is 18.2 Å². The fraction of sp³-hybridized carbons (Fsp3) is 0.214. The number of esters is 1. The van der Waals surface area contributed by atoms with Gasteiger partial charge in [0, 0.05) is 4.47 Å². The number of methoxy groups -OCH3 is 1. The van der Waals surface area contributed by atoms with Crippen LogP contribution in [0.3, 0.4) is 0 Å². The number of ether oxygens (including phenoxy) is 1. The second-order valence-electron chi connectivity index (χ2n) is 4.10. The van der Waals surface area contributed by atoms with Gasteiger partial charge in [0.25, 0.3) is 0 Å². The summed E-state index contributed by atoms with van der Waals surface area (Å²) in [7, 11) is 1.28. The van der Waals surface area contributed by atoms with Crippen LogP contribution in [0.2, 0.25) is 0 Å². The number of halogens is 1. The van der Waals surface area contributed by atoms with Crippen LogP contribution in [0, 0.1) is 6.92 Å². The summed E-state index contributed by atoms with van der Waals surface area (Å²) in [5, 5.41) is 10.2. The van der Waals surface area contributed by atoms with E-state index in [1.807, 2.05) is 19.1 Å². The Kier molecular flexibility index (Phi) is 4.07. The van der Waals surface area contributed by atoms with Crippen molar-refractivity contribution in [2.75, 3.05) is 7.11 Å². The van der Waals surface area contributed by atoms with Gasteiger partial charge in [-0.15, -0.1) is 0 Å². The third-order valence-electron chi connectivity index (χ3n) is 2.78. The molecule has 0 saturated heterocycles. The third-order valence-corrected chi connectivity index (χ3v) is 3.67. The van der Waals surface area contributed by atoms with Crippen molar-refractivity contribution in [2.45, 2.75) is 13.0 Å². The molecule has 1 unspecified atom stereocenters. The lowest BCUT2D eigenvalue weighted by molar-refractivity contribution is 0.0558. The summed E-state index contributed by atoms with van der Waals surface area (Å²) >= 11 is 3.40. The molecule has 0 aliphatic rings. The van der Waals surface area contributed by atoms with E-state index in [-0.39, 0.29) is 5.76 Å². The highest BCUT2D eigenvalue weighted by Gasteiger charge is 2.18. The van der Waals surface area contributed by atoms with Crippen molar-refractivity contribution in [3.8, 4) is 0 Å². The first kappa shape index (κ1) is 13.8. The Balaban J connectivity index is 2.28. The maximum Gasteiger partial charge on any atom is 0.373 e. The van der Waals surface area contributed by atoms with E-state index >= 15 is 0 Å². The molecule has 2 aromatic rings. The van der Waals surface area contributed by atoms with Crippen LogP contribution in [0.1, 0.15) is 33.5 Å². The average Bonchev–Trinajstić information content (AvgIpc) is 2.89. The van der Waals surface area contributed by atoms with Crippen LogP contribution in [-0.2, 0) is 4.74 Å². The van der Waals surface area contributed by atoms with Gasteiger partial charge < -0.3 is 14.3 Å². The molecule has 0 bridgehead atoms. The SMILES string of the molecule is COC(=O)c1ccc(C(O)c2ccc(Br)c(C)c2)o1. The number of furan rings is 1. The second-order valence-corrected chi connectivity index (χ2v) is 4.96. The Labute approximate surface area is 119 Å². The Morgan fingerprint density at radius 1 is 1.37 bits per heavy atom. The van der Waals surface area contributed by atoms with E-state index in [1.54, 1.807) is 12.1 Å². The maximum atomic E-state index is 11.3. The van der Waals surface area contributed by atoms with Crippen LogP contribution in [0.15, 0.2) is 39.2 Å². The number of aliphatic hydroxyl groups excluding tert-OH is 1. The Bertz CT molecular complexity index is 603.